The van der Waals surface area contributed by atoms with Crippen molar-refractivity contribution in [2.45, 2.75) is 13.8 Å². The van der Waals surface area contributed by atoms with Crippen molar-refractivity contribution in [1.29, 1.82) is 5.26 Å². The van der Waals surface area contributed by atoms with Gasteiger partial charge in [0, 0.05) is 0 Å². The molecule has 0 aliphatic rings. The molecule has 0 saturated heterocycles. The van der Waals surface area contributed by atoms with Gasteiger partial charge in [0.1, 0.15) is 28.9 Å². The molecule has 0 N–H and O–H groups in total. The molecule has 0 radical (unpaired) electrons. The molecule has 2 aromatic rings. The van der Waals surface area contributed by atoms with Crippen LogP contribution in [0.2, 0.25) is 0 Å². The van der Waals surface area contributed by atoms with E-state index >= 15 is 0 Å². The maximum atomic E-state index is 13.4. The fraction of sp³-hybridized carbons (Fsp3) is 0.133. The molecule has 0 aliphatic heterocycles. The minimum atomic E-state index is -0.570. The lowest BCUT2D eigenvalue weighted by molar-refractivity contribution is 0.471. The van der Waals surface area contributed by atoms with E-state index in [4.69, 9.17) is 10.00 Å². The third-order valence-electron chi connectivity index (χ3n) is 2.64. The number of benzene rings is 2. The predicted molar refractivity (Wildman–Crippen MR) is 67.1 cm³/mol. The molecule has 2 nitrogen and oxygen atoms in total. The maximum Gasteiger partial charge on any atom is 0.148 e. The topological polar surface area (TPSA) is 33.0 Å². The van der Waals surface area contributed by atoms with Crippen molar-refractivity contribution in [1.82, 2.24) is 0 Å². The molecule has 0 heterocycles. The molecule has 3 heteroatoms. The first-order valence-corrected chi connectivity index (χ1v) is 5.55. The monoisotopic (exact) mass is 241 g/mol. The van der Waals surface area contributed by atoms with E-state index in [1.54, 1.807) is 6.07 Å². The Kier molecular flexibility index (Phi) is 3.29. The lowest BCUT2D eigenvalue weighted by Crippen LogP contribution is -1.93. The van der Waals surface area contributed by atoms with E-state index in [-0.39, 0.29) is 11.3 Å². The third-order valence-corrected chi connectivity index (χ3v) is 2.64. The molecule has 0 aromatic heterocycles. The number of hydrogen-bond donors (Lipinski definition) is 0. The molecular formula is C15H12FNO. The molecular weight excluding hydrogens is 229 g/mol. The van der Waals surface area contributed by atoms with E-state index in [2.05, 4.69) is 0 Å². The summed E-state index contributed by atoms with van der Waals surface area (Å²) in [4.78, 5) is 0. The largest absolute Gasteiger partial charge is 0.456 e. The Morgan fingerprint density at radius 2 is 1.89 bits per heavy atom. The first-order chi connectivity index (χ1) is 8.61. The lowest BCUT2D eigenvalue weighted by atomic mass is 10.1. The minimum Gasteiger partial charge on any atom is -0.456 e. The standard InChI is InChI=1S/C15H12FNO/c1-10-6-7-14(11(2)8-10)18-15-5-3-4-13(16)12(15)9-17/h3-8H,1-2H3. The number of nitriles is 1. The Hall–Kier alpha value is -2.34. The van der Waals surface area contributed by atoms with Crippen LogP contribution in [-0.2, 0) is 0 Å². The zero-order chi connectivity index (χ0) is 13.1. The Morgan fingerprint density at radius 3 is 2.56 bits per heavy atom. The average molecular weight is 241 g/mol. The van der Waals surface area contributed by atoms with Gasteiger partial charge >= 0.3 is 0 Å². The van der Waals surface area contributed by atoms with Gasteiger partial charge < -0.3 is 4.74 Å². The van der Waals surface area contributed by atoms with Crippen LogP contribution in [0.5, 0.6) is 11.5 Å². The van der Waals surface area contributed by atoms with Gasteiger partial charge in [0.2, 0.25) is 0 Å². The zero-order valence-corrected chi connectivity index (χ0v) is 10.2. The summed E-state index contributed by atoms with van der Waals surface area (Å²) in [6.45, 7) is 3.90. The number of halogens is 1. The zero-order valence-electron chi connectivity index (χ0n) is 10.2. The Bertz CT molecular complexity index is 629. The van der Waals surface area contributed by atoms with E-state index in [0.29, 0.717) is 5.75 Å². The van der Waals surface area contributed by atoms with Gasteiger partial charge in [-0.1, -0.05) is 23.8 Å². The van der Waals surface area contributed by atoms with Crippen LogP contribution in [0, 0.1) is 31.0 Å². The first kappa shape index (κ1) is 12.1. The highest BCUT2D eigenvalue weighted by molar-refractivity contribution is 5.47. The highest BCUT2D eigenvalue weighted by Crippen LogP contribution is 2.29. The van der Waals surface area contributed by atoms with E-state index in [1.807, 2.05) is 38.1 Å². The predicted octanol–water partition coefficient (Wildman–Crippen LogP) is 4.11. The van der Waals surface area contributed by atoms with Gasteiger partial charge in [-0.15, -0.1) is 0 Å². The third kappa shape index (κ3) is 2.33. The Balaban J connectivity index is 2.41. The highest BCUT2D eigenvalue weighted by atomic mass is 19.1. The van der Waals surface area contributed by atoms with E-state index in [0.717, 1.165) is 11.1 Å². The molecule has 0 unspecified atom stereocenters. The average Bonchev–Trinajstić information content (AvgIpc) is 2.33. The van der Waals surface area contributed by atoms with Gasteiger partial charge in [-0.05, 0) is 37.6 Å². The molecule has 0 amide bonds. The fourth-order valence-corrected chi connectivity index (χ4v) is 1.73. The SMILES string of the molecule is Cc1ccc(Oc2cccc(F)c2C#N)c(C)c1. The van der Waals surface area contributed by atoms with Crippen molar-refractivity contribution in [3.05, 3.63) is 58.9 Å². The van der Waals surface area contributed by atoms with Gasteiger partial charge in [0.05, 0.1) is 0 Å². The quantitative estimate of drug-likeness (QED) is 0.792. The Labute approximate surface area is 105 Å². The summed E-state index contributed by atoms with van der Waals surface area (Å²) < 4.78 is 19.0. The molecule has 0 saturated carbocycles. The number of nitrogens with zero attached hydrogens (tertiary/aromatic N) is 1. The molecule has 0 aliphatic carbocycles. The van der Waals surface area contributed by atoms with Gasteiger partial charge in [-0.3, -0.25) is 0 Å². The van der Waals surface area contributed by atoms with E-state index in [1.165, 1.54) is 12.1 Å². The van der Waals surface area contributed by atoms with E-state index in [9.17, 15) is 4.39 Å². The van der Waals surface area contributed by atoms with Crippen molar-refractivity contribution >= 4 is 0 Å². The molecule has 0 fully saturated rings. The number of hydrogen-bond acceptors (Lipinski definition) is 2. The van der Waals surface area contributed by atoms with Crippen molar-refractivity contribution in [2.24, 2.45) is 0 Å². The van der Waals surface area contributed by atoms with Crippen molar-refractivity contribution in [3.8, 4) is 17.6 Å². The highest BCUT2D eigenvalue weighted by Gasteiger charge is 2.10. The normalized spacial score (nSPS) is 9.89. The summed E-state index contributed by atoms with van der Waals surface area (Å²) in [7, 11) is 0. The summed E-state index contributed by atoms with van der Waals surface area (Å²) in [6.07, 6.45) is 0. The summed E-state index contributed by atoms with van der Waals surface area (Å²) in [5.41, 5.74) is 2.00. The second-order valence-corrected chi connectivity index (χ2v) is 4.10. The van der Waals surface area contributed by atoms with Crippen LogP contribution in [-0.4, -0.2) is 0 Å². The van der Waals surface area contributed by atoms with Crippen molar-refractivity contribution in [3.63, 3.8) is 0 Å². The van der Waals surface area contributed by atoms with Crippen molar-refractivity contribution in [2.75, 3.05) is 0 Å². The van der Waals surface area contributed by atoms with E-state index < -0.39 is 5.82 Å². The molecule has 90 valence electrons. The number of aryl methyl sites for hydroxylation is 2. The molecule has 18 heavy (non-hydrogen) atoms. The van der Waals surface area contributed by atoms with Crippen LogP contribution >= 0.6 is 0 Å². The van der Waals surface area contributed by atoms with Crippen LogP contribution in [0.4, 0.5) is 4.39 Å². The van der Waals surface area contributed by atoms with Crippen LogP contribution < -0.4 is 4.74 Å². The first-order valence-electron chi connectivity index (χ1n) is 5.55. The second kappa shape index (κ2) is 4.89. The van der Waals surface area contributed by atoms with Crippen LogP contribution in [0.25, 0.3) is 0 Å². The minimum absolute atomic E-state index is 0.0718. The van der Waals surface area contributed by atoms with Crippen LogP contribution in [0.3, 0.4) is 0 Å². The molecule has 2 rings (SSSR count). The summed E-state index contributed by atoms with van der Waals surface area (Å²) in [5, 5.41) is 8.92. The van der Waals surface area contributed by atoms with Gasteiger partial charge in [-0.2, -0.15) is 5.26 Å². The second-order valence-electron chi connectivity index (χ2n) is 4.10. The molecule has 0 spiro atoms. The smallest absolute Gasteiger partial charge is 0.148 e. The summed E-state index contributed by atoms with van der Waals surface area (Å²) >= 11 is 0. The maximum absolute atomic E-state index is 13.4. The van der Waals surface area contributed by atoms with Crippen LogP contribution in [0.1, 0.15) is 16.7 Å². The van der Waals surface area contributed by atoms with Crippen molar-refractivity contribution < 1.29 is 9.13 Å². The number of rotatable bonds is 2. The van der Waals surface area contributed by atoms with Crippen LogP contribution in [0.15, 0.2) is 36.4 Å². The van der Waals surface area contributed by atoms with Gasteiger partial charge in [-0.25, -0.2) is 4.39 Å². The lowest BCUT2D eigenvalue weighted by Gasteiger charge is -2.10. The molecule has 2 aromatic carbocycles. The molecule has 0 atom stereocenters. The summed E-state index contributed by atoms with van der Waals surface area (Å²) in [5.74, 6) is 0.298. The molecule has 0 bridgehead atoms. The number of ether oxygens (including phenoxy) is 1. The van der Waals surface area contributed by atoms with Gasteiger partial charge in [0.25, 0.3) is 0 Å². The fourth-order valence-electron chi connectivity index (χ4n) is 1.73. The van der Waals surface area contributed by atoms with Gasteiger partial charge in [0.15, 0.2) is 0 Å². The summed E-state index contributed by atoms with van der Waals surface area (Å²) in [6, 6.07) is 11.9. The Morgan fingerprint density at radius 1 is 1.11 bits per heavy atom.